The molecule has 1 unspecified atom stereocenters. The molecule has 8 atom stereocenters. The minimum atomic E-state index is -1.62. The first-order chi connectivity index (χ1) is 15.2. The standard InChI is InChI=1S/C24H34F2O6/c1-4-14(2)24(30)32-21-11-17(25)9-16-6-5-15(3)20(23(16)21)8-7-19(31-13-27)10-18(26)12-22(28)29/h5-6,9,13-15,17-21,23H,4,7-8,10-12H2,1-3H3,(H,28,29)/t14-,15-,17+,18-,19+,20-,21-,23?/m0/s1. The first-order valence-corrected chi connectivity index (χ1v) is 11.4. The van der Waals surface area contributed by atoms with E-state index in [-0.39, 0.29) is 49.0 Å². The molecule has 2 aliphatic carbocycles. The van der Waals surface area contributed by atoms with Gasteiger partial charge < -0.3 is 14.6 Å². The van der Waals surface area contributed by atoms with Gasteiger partial charge in [-0.05, 0) is 42.7 Å². The van der Waals surface area contributed by atoms with Gasteiger partial charge in [-0.15, -0.1) is 0 Å². The normalized spacial score (nSPS) is 29.8. The number of hydrogen-bond donors (Lipinski definition) is 1. The monoisotopic (exact) mass is 456 g/mol. The molecule has 0 saturated carbocycles. The molecule has 6 nitrogen and oxygen atoms in total. The van der Waals surface area contributed by atoms with Crippen LogP contribution in [-0.2, 0) is 23.9 Å². The number of esters is 1. The summed E-state index contributed by atoms with van der Waals surface area (Å²) < 4.78 is 39.2. The fraction of sp³-hybridized carbons (Fsp3) is 0.708. The molecule has 0 radical (unpaired) electrons. The molecule has 0 aromatic carbocycles. The largest absolute Gasteiger partial charge is 0.481 e. The van der Waals surface area contributed by atoms with E-state index in [0.29, 0.717) is 19.3 Å². The van der Waals surface area contributed by atoms with Crippen LogP contribution >= 0.6 is 0 Å². The van der Waals surface area contributed by atoms with Gasteiger partial charge in [0.15, 0.2) is 0 Å². The summed E-state index contributed by atoms with van der Waals surface area (Å²) in [6.07, 6.45) is 1.97. The second kappa shape index (κ2) is 12.1. The third-order valence-corrected chi connectivity index (χ3v) is 6.61. The van der Waals surface area contributed by atoms with Gasteiger partial charge in [-0.2, -0.15) is 0 Å². The van der Waals surface area contributed by atoms with Crippen molar-refractivity contribution in [1.82, 2.24) is 0 Å². The van der Waals surface area contributed by atoms with E-state index in [2.05, 4.69) is 0 Å². The summed E-state index contributed by atoms with van der Waals surface area (Å²) in [6.45, 7) is 5.94. The van der Waals surface area contributed by atoms with Crippen molar-refractivity contribution in [1.29, 1.82) is 0 Å². The number of carbonyl (C=O) groups excluding carboxylic acids is 2. The van der Waals surface area contributed by atoms with Crippen LogP contribution in [-0.4, -0.2) is 48.1 Å². The highest BCUT2D eigenvalue weighted by atomic mass is 19.1. The molecule has 0 aliphatic heterocycles. The predicted octanol–water partition coefficient (Wildman–Crippen LogP) is 4.58. The summed E-state index contributed by atoms with van der Waals surface area (Å²) in [4.78, 5) is 34.1. The number of aliphatic carboxylic acids is 1. The van der Waals surface area contributed by atoms with Gasteiger partial charge >= 0.3 is 11.9 Å². The first kappa shape index (κ1) is 26.0. The zero-order valence-corrected chi connectivity index (χ0v) is 18.9. The van der Waals surface area contributed by atoms with Crippen LogP contribution < -0.4 is 0 Å². The van der Waals surface area contributed by atoms with Gasteiger partial charge in [0.2, 0.25) is 0 Å². The van der Waals surface area contributed by atoms with E-state index in [9.17, 15) is 23.2 Å². The lowest BCUT2D eigenvalue weighted by atomic mass is 9.66. The highest BCUT2D eigenvalue weighted by Crippen LogP contribution is 2.44. The Labute approximate surface area is 188 Å². The van der Waals surface area contributed by atoms with E-state index < -0.39 is 36.9 Å². The van der Waals surface area contributed by atoms with E-state index >= 15 is 0 Å². The predicted molar refractivity (Wildman–Crippen MR) is 114 cm³/mol. The molecule has 0 saturated heterocycles. The molecule has 0 spiro atoms. The van der Waals surface area contributed by atoms with E-state index in [1.165, 1.54) is 0 Å². The van der Waals surface area contributed by atoms with E-state index in [4.69, 9.17) is 14.6 Å². The number of carboxylic acid groups (broad SMARTS) is 1. The van der Waals surface area contributed by atoms with Gasteiger partial charge in [-0.25, -0.2) is 8.78 Å². The second-order valence-corrected chi connectivity index (χ2v) is 8.97. The zero-order chi connectivity index (χ0) is 23.8. The van der Waals surface area contributed by atoms with E-state index in [0.717, 1.165) is 5.57 Å². The Balaban J connectivity index is 2.15. The minimum Gasteiger partial charge on any atom is -0.481 e. The number of allylic oxidation sites excluding steroid dienone is 3. The Morgan fingerprint density at radius 2 is 2.09 bits per heavy atom. The van der Waals surface area contributed by atoms with Crippen molar-refractivity contribution in [2.45, 2.75) is 83.8 Å². The van der Waals surface area contributed by atoms with Gasteiger partial charge in [-0.1, -0.05) is 32.9 Å². The molecule has 0 amide bonds. The Kier molecular flexibility index (Phi) is 9.84. The summed E-state index contributed by atoms with van der Waals surface area (Å²) in [7, 11) is 0. The van der Waals surface area contributed by atoms with Crippen molar-refractivity contribution in [3.8, 4) is 0 Å². The van der Waals surface area contributed by atoms with Crippen molar-refractivity contribution < 1.29 is 37.7 Å². The third kappa shape index (κ3) is 7.14. The Morgan fingerprint density at radius 1 is 1.38 bits per heavy atom. The third-order valence-electron chi connectivity index (χ3n) is 6.61. The Morgan fingerprint density at radius 3 is 2.72 bits per heavy atom. The maximum atomic E-state index is 14.4. The van der Waals surface area contributed by atoms with Crippen LogP contribution in [0.3, 0.4) is 0 Å². The molecular weight excluding hydrogens is 422 g/mol. The van der Waals surface area contributed by atoms with Crippen molar-refractivity contribution in [2.75, 3.05) is 0 Å². The van der Waals surface area contributed by atoms with Crippen LogP contribution in [0.25, 0.3) is 0 Å². The van der Waals surface area contributed by atoms with Crippen LogP contribution in [0, 0.1) is 23.7 Å². The van der Waals surface area contributed by atoms with Gasteiger partial charge in [0.05, 0.1) is 12.3 Å². The number of alkyl halides is 2. The number of ether oxygens (including phenoxy) is 2. The number of rotatable bonds is 12. The number of carboxylic acids is 1. The van der Waals surface area contributed by atoms with Crippen molar-refractivity contribution in [2.24, 2.45) is 23.7 Å². The van der Waals surface area contributed by atoms with Crippen LogP contribution in [0.15, 0.2) is 23.8 Å². The molecule has 0 aromatic rings. The van der Waals surface area contributed by atoms with Crippen LogP contribution in [0.2, 0.25) is 0 Å². The van der Waals surface area contributed by atoms with Crippen LogP contribution in [0.4, 0.5) is 8.78 Å². The summed E-state index contributed by atoms with van der Waals surface area (Å²) in [5, 5.41) is 8.77. The molecule has 8 heteroatoms. The lowest BCUT2D eigenvalue weighted by Gasteiger charge is -2.42. The number of fused-ring (bicyclic) bond motifs is 1. The SMILES string of the molecule is CC[C@H](C)C(=O)O[C@H]1C[C@H](F)C=C2C=C[C@H](C)[C@H](CC[C@H](C[C@H](F)CC(=O)O)OC=O)C21. The zero-order valence-electron chi connectivity index (χ0n) is 18.9. The fourth-order valence-corrected chi connectivity index (χ4v) is 4.65. The maximum Gasteiger partial charge on any atom is 0.308 e. The summed E-state index contributed by atoms with van der Waals surface area (Å²) >= 11 is 0. The Bertz CT molecular complexity index is 721. The molecule has 0 heterocycles. The fourth-order valence-electron chi connectivity index (χ4n) is 4.65. The van der Waals surface area contributed by atoms with Crippen LogP contribution in [0.1, 0.15) is 59.3 Å². The molecular formula is C24H34F2O6. The molecule has 32 heavy (non-hydrogen) atoms. The smallest absolute Gasteiger partial charge is 0.308 e. The molecule has 1 N–H and O–H groups in total. The van der Waals surface area contributed by atoms with E-state index in [1.54, 1.807) is 13.0 Å². The average molecular weight is 457 g/mol. The van der Waals surface area contributed by atoms with Gasteiger partial charge in [-0.3, -0.25) is 14.4 Å². The van der Waals surface area contributed by atoms with Crippen molar-refractivity contribution in [3.63, 3.8) is 0 Å². The highest BCUT2D eigenvalue weighted by Gasteiger charge is 2.42. The number of hydrogen-bond acceptors (Lipinski definition) is 5. The average Bonchev–Trinajstić information content (AvgIpc) is 2.71. The summed E-state index contributed by atoms with van der Waals surface area (Å²) in [5.41, 5.74) is 0.788. The lowest BCUT2D eigenvalue weighted by Crippen LogP contribution is -2.42. The maximum absolute atomic E-state index is 14.4. The number of halogens is 2. The molecule has 2 aliphatic rings. The van der Waals surface area contributed by atoms with E-state index in [1.807, 2.05) is 26.0 Å². The lowest BCUT2D eigenvalue weighted by molar-refractivity contribution is -0.159. The summed E-state index contributed by atoms with van der Waals surface area (Å²) in [5.74, 6) is -2.01. The molecule has 0 aromatic heterocycles. The minimum absolute atomic E-state index is 0.0243. The topological polar surface area (TPSA) is 89.9 Å². The molecule has 180 valence electrons. The van der Waals surface area contributed by atoms with Gasteiger partial charge in [0.1, 0.15) is 24.6 Å². The molecule has 2 rings (SSSR count). The van der Waals surface area contributed by atoms with Crippen LogP contribution in [0.5, 0.6) is 0 Å². The number of carbonyl (C=O) groups is 3. The second-order valence-electron chi connectivity index (χ2n) is 8.97. The van der Waals surface area contributed by atoms with Gasteiger partial charge in [0.25, 0.3) is 6.47 Å². The van der Waals surface area contributed by atoms with Crippen molar-refractivity contribution in [3.05, 3.63) is 23.8 Å². The summed E-state index contributed by atoms with van der Waals surface area (Å²) in [6, 6.07) is 0. The molecule has 0 fully saturated rings. The quantitative estimate of drug-likeness (QED) is 0.342. The first-order valence-electron chi connectivity index (χ1n) is 11.4. The Hall–Kier alpha value is -2.25. The van der Waals surface area contributed by atoms with Crippen molar-refractivity contribution >= 4 is 18.4 Å². The highest BCUT2D eigenvalue weighted by molar-refractivity contribution is 5.72. The van der Waals surface area contributed by atoms with Gasteiger partial charge in [0, 0.05) is 18.8 Å². The molecule has 0 bridgehead atoms.